The second-order valence-corrected chi connectivity index (χ2v) is 10.4. The van der Waals surface area contributed by atoms with E-state index in [4.69, 9.17) is 23.1 Å². The summed E-state index contributed by atoms with van der Waals surface area (Å²) in [5.74, 6) is 0.244. The number of morpholine rings is 1. The lowest BCUT2D eigenvalue weighted by Crippen LogP contribution is -2.66. The average molecular weight is 418 g/mol. The third kappa shape index (κ3) is 3.93. The molecule has 1 atom stereocenters. The van der Waals surface area contributed by atoms with Crippen LogP contribution >= 0.6 is 0 Å². The highest BCUT2D eigenvalue weighted by molar-refractivity contribution is 6.78. The molecule has 2 saturated heterocycles. The molecule has 8 nitrogen and oxygen atoms in total. The van der Waals surface area contributed by atoms with E-state index in [1.807, 2.05) is 0 Å². The first-order valence-electron chi connectivity index (χ1n) is 10.6. The standard InChI is InChI=1S/C19H31B3NO7/c1-18(2,3)13-11-14-16(15(12-13)19(4,5)6)27-22(29-20(24)28-21(25)30-22)17(14)23-7-9-26-10-8-23/h11-12,17,24-25H,7-10H2,1-6H3/q-1/t17-/m0/s1. The molecule has 164 valence electrons. The van der Waals surface area contributed by atoms with Crippen LogP contribution in [0.4, 0.5) is 0 Å². The smallest absolute Gasteiger partial charge is 0.582 e. The van der Waals surface area contributed by atoms with Crippen molar-refractivity contribution >= 4 is 21.4 Å². The number of hydrogen-bond acceptors (Lipinski definition) is 8. The first kappa shape index (κ1) is 22.1. The average Bonchev–Trinajstić information content (AvgIpc) is 2.91. The molecule has 0 bridgehead atoms. The predicted molar refractivity (Wildman–Crippen MR) is 115 cm³/mol. The van der Waals surface area contributed by atoms with E-state index >= 15 is 0 Å². The van der Waals surface area contributed by atoms with Crippen molar-refractivity contribution in [1.82, 2.24) is 4.90 Å². The molecule has 0 saturated carbocycles. The predicted octanol–water partition coefficient (Wildman–Crippen LogP) is 1.54. The van der Waals surface area contributed by atoms with Gasteiger partial charge in [-0.3, -0.25) is 0 Å². The Kier molecular flexibility index (Phi) is 5.55. The van der Waals surface area contributed by atoms with Gasteiger partial charge in [-0.1, -0.05) is 53.7 Å². The van der Waals surface area contributed by atoms with Gasteiger partial charge in [0.2, 0.25) is 0 Å². The van der Waals surface area contributed by atoms with E-state index in [1.54, 1.807) is 0 Å². The summed E-state index contributed by atoms with van der Waals surface area (Å²) < 4.78 is 28.3. The first-order valence-corrected chi connectivity index (χ1v) is 10.6. The van der Waals surface area contributed by atoms with Gasteiger partial charge in [0.15, 0.2) is 0 Å². The maximum absolute atomic E-state index is 10.1. The third-order valence-corrected chi connectivity index (χ3v) is 6.06. The number of benzene rings is 1. The van der Waals surface area contributed by atoms with Crippen LogP contribution in [0, 0.1) is 0 Å². The van der Waals surface area contributed by atoms with E-state index in [0.29, 0.717) is 32.1 Å². The molecule has 2 fully saturated rings. The summed E-state index contributed by atoms with van der Waals surface area (Å²) in [6, 6.07) is 4.32. The van der Waals surface area contributed by atoms with Gasteiger partial charge in [0, 0.05) is 19.0 Å². The summed E-state index contributed by atoms with van der Waals surface area (Å²) in [5.41, 5.74) is 2.86. The topological polar surface area (TPSA) is 89.9 Å². The second kappa shape index (κ2) is 7.51. The second-order valence-electron chi connectivity index (χ2n) is 10.4. The highest BCUT2D eigenvalue weighted by atomic mass is 16.9. The van der Waals surface area contributed by atoms with Gasteiger partial charge in [-0.05, 0) is 27.5 Å². The molecular weight excluding hydrogens is 387 g/mol. The molecule has 0 radical (unpaired) electrons. The Morgan fingerprint density at radius 1 is 0.967 bits per heavy atom. The molecule has 0 amide bonds. The fraction of sp³-hybridized carbons (Fsp3) is 0.684. The lowest BCUT2D eigenvalue weighted by atomic mass is 9.62. The van der Waals surface area contributed by atoms with Gasteiger partial charge < -0.3 is 38.1 Å². The van der Waals surface area contributed by atoms with Gasteiger partial charge in [0.1, 0.15) is 0 Å². The Morgan fingerprint density at radius 2 is 1.57 bits per heavy atom. The van der Waals surface area contributed by atoms with Gasteiger partial charge in [0.05, 0.1) is 19.0 Å². The van der Waals surface area contributed by atoms with Gasteiger partial charge in [-0.25, -0.2) is 0 Å². The zero-order valence-electron chi connectivity index (χ0n) is 18.7. The molecule has 2 N–H and O–H groups in total. The van der Waals surface area contributed by atoms with Crippen molar-refractivity contribution in [3.05, 3.63) is 28.8 Å². The van der Waals surface area contributed by atoms with Crippen LogP contribution in [0.3, 0.4) is 0 Å². The lowest BCUT2D eigenvalue weighted by molar-refractivity contribution is 0.0148. The third-order valence-electron chi connectivity index (χ3n) is 6.06. The van der Waals surface area contributed by atoms with Gasteiger partial charge >= 0.3 is 21.4 Å². The molecular formula is C19H31B3NO7-. The molecule has 0 aromatic heterocycles. The van der Waals surface area contributed by atoms with Gasteiger partial charge in [-0.2, -0.15) is 0 Å². The summed E-state index contributed by atoms with van der Waals surface area (Å²) in [4.78, 5) is 2.18. The maximum Gasteiger partial charge on any atom is 0.582 e. The van der Waals surface area contributed by atoms with Crippen LogP contribution < -0.4 is 4.65 Å². The number of hydrogen-bond donors (Lipinski definition) is 2. The summed E-state index contributed by atoms with van der Waals surface area (Å²) in [6.07, 6.45) is 0. The minimum Gasteiger partial charge on any atom is -0.670 e. The Bertz CT molecular complexity index is 795. The number of rotatable bonds is 1. The van der Waals surface area contributed by atoms with E-state index in [2.05, 4.69) is 58.6 Å². The normalized spacial score (nSPS) is 24.9. The molecule has 30 heavy (non-hydrogen) atoms. The van der Waals surface area contributed by atoms with Crippen molar-refractivity contribution in [1.29, 1.82) is 0 Å². The van der Waals surface area contributed by atoms with Crippen molar-refractivity contribution in [2.24, 2.45) is 0 Å². The van der Waals surface area contributed by atoms with Crippen LogP contribution in [-0.4, -0.2) is 62.6 Å². The SMILES string of the molecule is CC(C)(C)c1cc2c(c(C(C)(C)C)c1)O[B-]1(OB(O)OB(O)O1)[C@H]2N1CCOCC1. The summed E-state index contributed by atoms with van der Waals surface area (Å²) in [6.45, 7) is 12.8. The Hall–Kier alpha value is -1.07. The molecule has 4 rings (SSSR count). The van der Waals surface area contributed by atoms with Crippen molar-refractivity contribution in [2.45, 2.75) is 58.3 Å². The van der Waals surface area contributed by atoms with Crippen LogP contribution in [0.15, 0.2) is 12.1 Å². The van der Waals surface area contributed by atoms with Crippen molar-refractivity contribution in [3.63, 3.8) is 0 Å². The molecule has 0 aliphatic carbocycles. The van der Waals surface area contributed by atoms with Crippen LogP contribution in [0.5, 0.6) is 5.75 Å². The summed E-state index contributed by atoms with van der Waals surface area (Å²) in [5, 5.41) is 20.2. The van der Waals surface area contributed by atoms with E-state index in [-0.39, 0.29) is 10.8 Å². The molecule has 1 aromatic rings. The largest absolute Gasteiger partial charge is 0.670 e. The van der Waals surface area contributed by atoms with Crippen molar-refractivity contribution in [2.75, 3.05) is 26.3 Å². The monoisotopic (exact) mass is 418 g/mol. The minimum atomic E-state index is -2.58. The van der Waals surface area contributed by atoms with E-state index < -0.39 is 27.3 Å². The van der Waals surface area contributed by atoms with Crippen molar-refractivity contribution in [3.8, 4) is 5.75 Å². The fourth-order valence-corrected chi connectivity index (χ4v) is 4.48. The quantitative estimate of drug-likeness (QED) is 0.665. The van der Waals surface area contributed by atoms with Crippen LogP contribution in [-0.2, 0) is 29.3 Å². The first-order chi connectivity index (χ1) is 13.9. The number of nitrogens with zero attached hydrogens (tertiary/aromatic N) is 1. The molecule has 1 aromatic carbocycles. The molecule has 3 heterocycles. The minimum absolute atomic E-state index is 0.0796. The van der Waals surface area contributed by atoms with Crippen LogP contribution in [0.25, 0.3) is 0 Å². The van der Waals surface area contributed by atoms with Gasteiger partial charge in [0.25, 0.3) is 0 Å². The van der Waals surface area contributed by atoms with Crippen LogP contribution in [0.2, 0.25) is 0 Å². The van der Waals surface area contributed by atoms with E-state index in [9.17, 15) is 10.0 Å². The van der Waals surface area contributed by atoms with E-state index in [0.717, 1.165) is 11.1 Å². The fourth-order valence-electron chi connectivity index (χ4n) is 4.48. The zero-order chi connectivity index (χ0) is 21.9. The Labute approximate surface area is 179 Å². The highest BCUT2D eigenvalue weighted by Gasteiger charge is 2.57. The van der Waals surface area contributed by atoms with Crippen LogP contribution in [0.1, 0.15) is 64.2 Å². The summed E-state index contributed by atoms with van der Waals surface area (Å²) >= 11 is 0. The lowest BCUT2D eigenvalue weighted by Gasteiger charge is -2.50. The molecule has 3 aliphatic heterocycles. The van der Waals surface area contributed by atoms with E-state index in [1.165, 1.54) is 5.56 Å². The van der Waals surface area contributed by atoms with Crippen molar-refractivity contribution < 1.29 is 33.2 Å². The Balaban J connectivity index is 1.91. The number of fused-ring (bicyclic) bond motifs is 1. The molecule has 0 unspecified atom stereocenters. The zero-order valence-corrected chi connectivity index (χ0v) is 18.7. The molecule has 11 heteroatoms. The number of ether oxygens (including phenoxy) is 1. The maximum atomic E-state index is 10.1. The molecule has 3 aliphatic rings. The van der Waals surface area contributed by atoms with Gasteiger partial charge in [-0.15, -0.1) is 0 Å². The summed E-state index contributed by atoms with van der Waals surface area (Å²) in [7, 11) is -3.29. The molecule has 1 spiro atoms. The highest BCUT2D eigenvalue weighted by Crippen LogP contribution is 2.51. The Morgan fingerprint density at radius 3 is 2.10 bits per heavy atom.